The van der Waals surface area contributed by atoms with Crippen LogP contribution in [0.1, 0.15) is 30.0 Å². The van der Waals surface area contributed by atoms with E-state index in [1.165, 1.54) is 4.90 Å². The first-order chi connectivity index (χ1) is 9.40. The Morgan fingerprint density at radius 1 is 1.30 bits per heavy atom. The molecule has 20 heavy (non-hydrogen) atoms. The molecular weight excluding hydrogens is 256 g/mol. The normalized spacial score (nSPS) is 22.3. The highest BCUT2D eigenvalue weighted by Gasteiger charge is 2.49. The molecule has 0 spiro atoms. The third-order valence-corrected chi connectivity index (χ3v) is 3.74. The molecule has 1 fully saturated rings. The van der Waals surface area contributed by atoms with Crippen LogP contribution in [-0.2, 0) is 10.3 Å². The van der Waals surface area contributed by atoms with Gasteiger partial charge in [-0.25, -0.2) is 4.79 Å². The van der Waals surface area contributed by atoms with Crippen LogP contribution in [0.2, 0.25) is 0 Å². The van der Waals surface area contributed by atoms with Gasteiger partial charge in [-0.2, -0.15) is 0 Å². The Bertz CT molecular complexity index is 556. The van der Waals surface area contributed by atoms with Gasteiger partial charge in [0.15, 0.2) is 0 Å². The summed E-state index contributed by atoms with van der Waals surface area (Å²) in [7, 11) is 0. The molecule has 0 bridgehead atoms. The lowest BCUT2D eigenvalue weighted by atomic mass is 9.87. The predicted octanol–water partition coefficient (Wildman–Crippen LogP) is 1.45. The molecular formula is C15H20N2O3. The van der Waals surface area contributed by atoms with Crippen molar-refractivity contribution in [1.29, 1.82) is 0 Å². The molecule has 5 heteroatoms. The zero-order valence-electron chi connectivity index (χ0n) is 12.1. The second kappa shape index (κ2) is 5.25. The average Bonchev–Trinajstić information content (AvgIpc) is 2.59. The van der Waals surface area contributed by atoms with Gasteiger partial charge in [-0.3, -0.25) is 9.69 Å². The molecule has 0 saturated carbocycles. The van der Waals surface area contributed by atoms with Gasteiger partial charge in [-0.05, 0) is 38.3 Å². The number of aliphatic hydroxyl groups is 1. The summed E-state index contributed by atoms with van der Waals surface area (Å²) < 4.78 is 0. The smallest absolute Gasteiger partial charge is 0.325 e. The third-order valence-electron chi connectivity index (χ3n) is 3.74. The first-order valence-corrected chi connectivity index (χ1v) is 6.73. The number of hydrogen-bond donors (Lipinski definition) is 2. The molecule has 1 aromatic carbocycles. The molecule has 0 aliphatic carbocycles. The minimum absolute atomic E-state index is 0.0443. The molecule has 1 atom stereocenters. The fraction of sp³-hybridized carbons (Fsp3) is 0.467. The number of nitrogens with one attached hydrogen (secondary N) is 1. The summed E-state index contributed by atoms with van der Waals surface area (Å²) >= 11 is 0. The van der Waals surface area contributed by atoms with E-state index in [0.29, 0.717) is 6.42 Å². The van der Waals surface area contributed by atoms with Crippen molar-refractivity contribution in [3.8, 4) is 0 Å². The molecule has 1 saturated heterocycles. The Morgan fingerprint density at radius 3 is 2.60 bits per heavy atom. The summed E-state index contributed by atoms with van der Waals surface area (Å²) in [6.45, 7) is 5.84. The number of benzene rings is 1. The maximum Gasteiger partial charge on any atom is 0.325 e. The summed E-state index contributed by atoms with van der Waals surface area (Å²) in [6.07, 6.45) is 0.391. The fourth-order valence-electron chi connectivity index (χ4n) is 2.69. The second-order valence-electron chi connectivity index (χ2n) is 5.41. The summed E-state index contributed by atoms with van der Waals surface area (Å²) in [4.78, 5) is 25.7. The highest BCUT2D eigenvalue weighted by molar-refractivity contribution is 6.07. The van der Waals surface area contributed by atoms with E-state index >= 15 is 0 Å². The van der Waals surface area contributed by atoms with Crippen molar-refractivity contribution in [3.05, 3.63) is 34.9 Å². The molecule has 2 N–H and O–H groups in total. The van der Waals surface area contributed by atoms with Crippen LogP contribution < -0.4 is 5.32 Å². The summed E-state index contributed by atoms with van der Waals surface area (Å²) in [6, 6.07) is 5.42. The highest BCUT2D eigenvalue weighted by atomic mass is 16.3. The van der Waals surface area contributed by atoms with E-state index in [2.05, 4.69) is 5.32 Å². The number of rotatable bonds is 4. The topological polar surface area (TPSA) is 69.6 Å². The van der Waals surface area contributed by atoms with Gasteiger partial charge < -0.3 is 10.4 Å². The van der Waals surface area contributed by atoms with Gasteiger partial charge in [0, 0.05) is 13.2 Å². The lowest BCUT2D eigenvalue weighted by molar-refractivity contribution is -0.131. The van der Waals surface area contributed by atoms with Gasteiger partial charge >= 0.3 is 6.03 Å². The van der Waals surface area contributed by atoms with Crippen LogP contribution in [-0.4, -0.2) is 35.1 Å². The maximum atomic E-state index is 12.5. The zero-order chi connectivity index (χ0) is 14.9. The standard InChI is InChI=1S/C15H20N2O3/c1-10-5-6-12(11(2)9-10)15(3)13(19)17(7-4-8-18)14(20)16-15/h5-6,9,18H,4,7-8H2,1-3H3,(H,16,20). The second-order valence-corrected chi connectivity index (χ2v) is 5.41. The van der Waals surface area contributed by atoms with E-state index in [-0.39, 0.29) is 19.1 Å². The van der Waals surface area contributed by atoms with Crippen molar-refractivity contribution in [2.45, 2.75) is 32.7 Å². The van der Waals surface area contributed by atoms with E-state index in [4.69, 9.17) is 5.11 Å². The molecule has 1 aromatic rings. The van der Waals surface area contributed by atoms with Crippen LogP contribution in [0.15, 0.2) is 18.2 Å². The molecule has 0 radical (unpaired) electrons. The summed E-state index contributed by atoms with van der Waals surface area (Å²) in [5.41, 5.74) is 1.88. The number of aliphatic hydroxyl groups excluding tert-OH is 1. The molecule has 1 aliphatic rings. The molecule has 5 nitrogen and oxygen atoms in total. The summed E-state index contributed by atoms with van der Waals surface area (Å²) in [5.74, 6) is -0.261. The van der Waals surface area contributed by atoms with E-state index < -0.39 is 11.6 Å². The monoisotopic (exact) mass is 276 g/mol. The first-order valence-electron chi connectivity index (χ1n) is 6.73. The Kier molecular flexibility index (Phi) is 3.81. The van der Waals surface area contributed by atoms with Crippen LogP contribution in [0.3, 0.4) is 0 Å². The number of imide groups is 1. The molecule has 0 aromatic heterocycles. The van der Waals surface area contributed by atoms with Gasteiger partial charge in [0.25, 0.3) is 5.91 Å². The molecule has 1 heterocycles. The predicted molar refractivity (Wildman–Crippen MR) is 75.2 cm³/mol. The Labute approximate surface area is 118 Å². The van der Waals surface area contributed by atoms with Gasteiger partial charge in [-0.15, -0.1) is 0 Å². The largest absolute Gasteiger partial charge is 0.396 e. The number of carbonyl (C=O) groups excluding carboxylic acids is 2. The van der Waals surface area contributed by atoms with Gasteiger partial charge in [0.2, 0.25) is 0 Å². The van der Waals surface area contributed by atoms with Crippen molar-refractivity contribution in [1.82, 2.24) is 10.2 Å². The molecule has 1 unspecified atom stereocenters. The Morgan fingerprint density at radius 2 is 2.00 bits per heavy atom. The van der Waals surface area contributed by atoms with Crippen molar-refractivity contribution in [2.24, 2.45) is 0 Å². The SMILES string of the molecule is Cc1ccc(C2(C)NC(=O)N(CCCO)C2=O)c(C)c1. The molecule has 1 aliphatic heterocycles. The van der Waals surface area contributed by atoms with Crippen molar-refractivity contribution in [3.63, 3.8) is 0 Å². The molecule has 2 rings (SSSR count). The van der Waals surface area contributed by atoms with Crippen LogP contribution in [0.25, 0.3) is 0 Å². The maximum absolute atomic E-state index is 12.5. The van der Waals surface area contributed by atoms with Crippen molar-refractivity contribution in [2.75, 3.05) is 13.2 Å². The van der Waals surface area contributed by atoms with E-state index in [9.17, 15) is 9.59 Å². The lowest BCUT2D eigenvalue weighted by Crippen LogP contribution is -2.41. The quantitative estimate of drug-likeness (QED) is 0.818. The number of nitrogens with zero attached hydrogens (tertiary/aromatic N) is 1. The molecule has 3 amide bonds. The van der Waals surface area contributed by atoms with E-state index in [0.717, 1.165) is 16.7 Å². The number of urea groups is 1. The third kappa shape index (κ3) is 2.29. The minimum atomic E-state index is -1.02. The van der Waals surface area contributed by atoms with Gasteiger partial charge in [-0.1, -0.05) is 23.8 Å². The molecule has 108 valence electrons. The first kappa shape index (κ1) is 14.5. The van der Waals surface area contributed by atoms with E-state index in [1.54, 1.807) is 6.92 Å². The van der Waals surface area contributed by atoms with E-state index in [1.807, 2.05) is 32.0 Å². The minimum Gasteiger partial charge on any atom is -0.396 e. The Hall–Kier alpha value is -1.88. The Balaban J connectivity index is 2.35. The van der Waals surface area contributed by atoms with Crippen molar-refractivity contribution >= 4 is 11.9 Å². The number of amides is 3. The van der Waals surface area contributed by atoms with Crippen molar-refractivity contribution < 1.29 is 14.7 Å². The number of carbonyl (C=O) groups is 2. The van der Waals surface area contributed by atoms with Crippen LogP contribution >= 0.6 is 0 Å². The average molecular weight is 276 g/mol. The number of aryl methyl sites for hydroxylation is 2. The van der Waals surface area contributed by atoms with Crippen LogP contribution in [0.5, 0.6) is 0 Å². The van der Waals surface area contributed by atoms with Gasteiger partial charge in [0.05, 0.1) is 0 Å². The fourth-order valence-corrected chi connectivity index (χ4v) is 2.69. The van der Waals surface area contributed by atoms with Gasteiger partial charge in [0.1, 0.15) is 5.54 Å². The number of hydrogen-bond acceptors (Lipinski definition) is 3. The summed E-state index contributed by atoms with van der Waals surface area (Å²) in [5, 5.41) is 11.6. The lowest BCUT2D eigenvalue weighted by Gasteiger charge is -2.24. The van der Waals surface area contributed by atoms with Crippen LogP contribution in [0.4, 0.5) is 4.79 Å². The zero-order valence-corrected chi connectivity index (χ0v) is 12.1. The van der Waals surface area contributed by atoms with Crippen LogP contribution in [0, 0.1) is 13.8 Å². The highest BCUT2D eigenvalue weighted by Crippen LogP contribution is 2.31.